The molecule has 1 aromatic carbocycles. The summed E-state index contributed by atoms with van der Waals surface area (Å²) in [6, 6.07) is 8.09. The van der Waals surface area contributed by atoms with E-state index in [1.54, 1.807) is 18.2 Å². The van der Waals surface area contributed by atoms with Gasteiger partial charge in [0.1, 0.15) is 41.3 Å². The van der Waals surface area contributed by atoms with Crippen LogP contribution in [0.15, 0.2) is 42.9 Å². The molecule has 12 nitrogen and oxygen atoms in total. The Bertz CT molecular complexity index is 1470. The molecule has 1 aliphatic heterocycles. The molecule has 14 heteroatoms. The number of fused-ring (bicyclic) bond motifs is 1. The van der Waals surface area contributed by atoms with Crippen LogP contribution in [0.25, 0.3) is 11.0 Å². The fourth-order valence-corrected chi connectivity index (χ4v) is 5.94. The van der Waals surface area contributed by atoms with Crippen molar-refractivity contribution < 1.29 is 40.2 Å². The lowest BCUT2D eigenvalue weighted by Gasteiger charge is -2.29. The smallest absolute Gasteiger partial charge is 0.459 e. The number of anilines is 1. The van der Waals surface area contributed by atoms with Gasteiger partial charge in [0.25, 0.3) is 0 Å². The zero-order chi connectivity index (χ0) is 28.6. The number of aliphatic hydroxyl groups excluding tert-OH is 1. The van der Waals surface area contributed by atoms with Crippen LogP contribution < -0.4 is 15.3 Å². The quantitative estimate of drug-likeness (QED) is 0.199. The van der Waals surface area contributed by atoms with Crippen LogP contribution >= 0.6 is 7.75 Å². The number of ether oxygens (including phenoxy) is 2. The summed E-state index contributed by atoms with van der Waals surface area (Å²) < 4.78 is 53.0. The summed E-state index contributed by atoms with van der Waals surface area (Å²) in [5.74, 6) is 2.00. The number of para-hydroxylation sites is 1. The van der Waals surface area contributed by atoms with Crippen molar-refractivity contribution in [3.8, 4) is 18.1 Å². The van der Waals surface area contributed by atoms with E-state index in [1.807, 2.05) is 0 Å². The molecule has 39 heavy (non-hydrogen) atoms. The van der Waals surface area contributed by atoms with Crippen molar-refractivity contribution in [1.29, 1.82) is 0 Å². The molecule has 3 heterocycles. The summed E-state index contributed by atoms with van der Waals surface area (Å²) in [7, 11) is -3.15. The Morgan fingerprint density at radius 1 is 1.41 bits per heavy atom. The number of aliphatic hydroxyl groups is 1. The van der Waals surface area contributed by atoms with E-state index in [2.05, 4.69) is 21.0 Å². The molecule has 212 valence electrons. The molecule has 1 saturated heterocycles. The molecule has 1 unspecified atom stereocenters. The van der Waals surface area contributed by atoms with Crippen LogP contribution in [0.5, 0.6) is 5.75 Å². The fourth-order valence-electron chi connectivity index (χ4n) is 4.26. The van der Waals surface area contributed by atoms with Crippen molar-refractivity contribution in [2.75, 3.05) is 19.5 Å². The first-order valence-electron chi connectivity index (χ1n) is 11.8. The van der Waals surface area contributed by atoms with Crippen LogP contribution in [0.2, 0.25) is 0 Å². The largest absolute Gasteiger partial charge is 0.468 e. The van der Waals surface area contributed by atoms with Crippen LogP contribution in [0, 0.1) is 12.3 Å². The number of nitrogens with two attached hydrogens (primary N) is 1. The van der Waals surface area contributed by atoms with Crippen molar-refractivity contribution >= 4 is 30.6 Å². The third-order valence-electron chi connectivity index (χ3n) is 6.25. The summed E-state index contributed by atoms with van der Waals surface area (Å²) in [6.07, 6.45) is 3.77. The van der Waals surface area contributed by atoms with Gasteiger partial charge in [-0.1, -0.05) is 24.1 Å². The summed E-state index contributed by atoms with van der Waals surface area (Å²) in [4.78, 5) is 20.3. The van der Waals surface area contributed by atoms with Crippen molar-refractivity contribution in [1.82, 2.24) is 19.6 Å². The number of hydrogen-bond acceptors (Lipinski definition) is 10. The predicted molar refractivity (Wildman–Crippen MR) is 143 cm³/mol. The molecule has 0 bridgehead atoms. The van der Waals surface area contributed by atoms with Crippen molar-refractivity contribution in [3.63, 3.8) is 0 Å². The molecule has 0 aliphatic carbocycles. The normalized spacial score (nSPS) is 24.7. The minimum atomic E-state index is -4.32. The number of hydrogen-bond donors (Lipinski definition) is 3. The number of benzene rings is 1. The number of aromatic nitrogens is 3. The average molecular weight is 566 g/mol. The first-order valence-corrected chi connectivity index (χ1v) is 13.3. The van der Waals surface area contributed by atoms with E-state index in [0.717, 1.165) is 6.92 Å². The van der Waals surface area contributed by atoms with Gasteiger partial charge < -0.3 is 29.4 Å². The Hall–Kier alpha value is -3.53. The van der Waals surface area contributed by atoms with E-state index < -0.39 is 50.0 Å². The molecule has 0 radical (unpaired) electrons. The Labute approximate surface area is 227 Å². The van der Waals surface area contributed by atoms with Crippen LogP contribution in [-0.4, -0.2) is 62.7 Å². The number of carbonyl (C=O) groups is 1. The minimum Gasteiger partial charge on any atom is -0.468 e. The standard InChI is InChI=1S/C25H29FN5O7P.2H2/c1-6-15-12-31(21-18(15)20(27)28-14-29-21)22-25(4,26)19(32)17(37-22)13-36-39(34,30-24(2,3)23(33)35-5)38-16-10-8-7-9-11-16;;/h1,7-12,14,17,19,22,32H,13H2,2-5H3,(H,30,34)(H2,27,28,29);2*1H/t17-,19-,22-,25-,39?;;/m1../s1. The van der Waals surface area contributed by atoms with Gasteiger partial charge in [0.15, 0.2) is 11.9 Å². The van der Waals surface area contributed by atoms with Gasteiger partial charge in [0.2, 0.25) is 0 Å². The highest BCUT2D eigenvalue weighted by Crippen LogP contribution is 2.49. The topological polar surface area (TPSA) is 160 Å². The monoisotopic (exact) mass is 565 g/mol. The van der Waals surface area contributed by atoms with Crippen molar-refractivity contribution in [2.24, 2.45) is 0 Å². The Balaban J connectivity index is 0.00000294. The highest BCUT2D eigenvalue weighted by molar-refractivity contribution is 7.52. The maximum atomic E-state index is 16.0. The van der Waals surface area contributed by atoms with Gasteiger partial charge in [0.05, 0.1) is 24.7 Å². The number of methoxy groups -OCH3 is 1. The molecule has 1 fully saturated rings. The van der Waals surface area contributed by atoms with Gasteiger partial charge >= 0.3 is 13.7 Å². The molecule has 4 rings (SSSR count). The molecule has 0 saturated carbocycles. The van der Waals surface area contributed by atoms with Gasteiger partial charge in [-0.15, -0.1) is 6.42 Å². The van der Waals surface area contributed by atoms with Gasteiger partial charge in [-0.3, -0.25) is 9.32 Å². The van der Waals surface area contributed by atoms with E-state index in [0.29, 0.717) is 10.9 Å². The van der Waals surface area contributed by atoms with Crippen LogP contribution in [-0.2, 0) is 23.4 Å². The first-order chi connectivity index (χ1) is 18.3. The Morgan fingerprint density at radius 3 is 2.74 bits per heavy atom. The number of terminal acetylenes is 1. The first kappa shape index (κ1) is 28.5. The van der Waals surface area contributed by atoms with E-state index in [4.69, 9.17) is 30.7 Å². The second-order valence-electron chi connectivity index (χ2n) is 9.60. The minimum absolute atomic E-state index is 0. The molecule has 5 atom stereocenters. The second-order valence-corrected chi connectivity index (χ2v) is 11.3. The highest BCUT2D eigenvalue weighted by Gasteiger charge is 2.56. The fraction of sp³-hybridized carbons (Fsp3) is 0.400. The Morgan fingerprint density at radius 2 is 2.10 bits per heavy atom. The van der Waals surface area contributed by atoms with Gasteiger partial charge in [0, 0.05) is 9.05 Å². The van der Waals surface area contributed by atoms with E-state index in [-0.39, 0.29) is 20.1 Å². The Kier molecular flexibility index (Phi) is 7.71. The van der Waals surface area contributed by atoms with E-state index >= 15 is 4.39 Å². The van der Waals surface area contributed by atoms with Crippen LogP contribution in [0.3, 0.4) is 0 Å². The number of esters is 1. The predicted octanol–water partition coefficient (Wildman–Crippen LogP) is 3.22. The van der Waals surface area contributed by atoms with Gasteiger partial charge in [-0.25, -0.2) is 18.9 Å². The molecule has 1 aliphatic rings. The molecular formula is C25H33FN5O7P. The summed E-state index contributed by atoms with van der Waals surface area (Å²) in [6.45, 7) is 3.41. The zero-order valence-corrected chi connectivity index (χ0v) is 22.6. The molecule has 3 aromatic rings. The number of nitrogens with zero attached hydrogens (tertiary/aromatic N) is 3. The third kappa shape index (κ3) is 5.48. The number of carbonyl (C=O) groups excluding carboxylic acids is 1. The van der Waals surface area contributed by atoms with Crippen molar-refractivity contribution in [3.05, 3.63) is 48.4 Å². The number of nitrogens with one attached hydrogen (secondary N) is 1. The third-order valence-corrected chi connectivity index (χ3v) is 8.03. The van der Waals surface area contributed by atoms with Crippen LogP contribution in [0.1, 0.15) is 35.4 Å². The maximum absolute atomic E-state index is 16.0. The lowest BCUT2D eigenvalue weighted by molar-refractivity contribution is -0.146. The summed E-state index contributed by atoms with van der Waals surface area (Å²) in [5, 5.41) is 13.8. The van der Waals surface area contributed by atoms with Crippen molar-refractivity contribution in [2.45, 2.75) is 50.4 Å². The lowest BCUT2D eigenvalue weighted by atomic mass is 9.98. The number of alkyl halides is 1. The average Bonchev–Trinajstić information content (AvgIpc) is 3.37. The second kappa shape index (κ2) is 10.6. The molecule has 0 spiro atoms. The van der Waals surface area contributed by atoms with Gasteiger partial charge in [-0.2, -0.15) is 5.09 Å². The van der Waals surface area contributed by atoms with E-state index in [9.17, 15) is 14.5 Å². The summed E-state index contributed by atoms with van der Waals surface area (Å²) in [5.41, 5.74) is 2.61. The lowest BCUT2D eigenvalue weighted by Crippen LogP contribution is -2.47. The molecule has 2 aromatic heterocycles. The molecule has 4 N–H and O–H groups in total. The molecular weight excluding hydrogens is 532 g/mol. The summed E-state index contributed by atoms with van der Waals surface area (Å²) >= 11 is 0. The number of rotatable bonds is 9. The SMILES string of the molecule is C#Cc1cn([C@@H]2O[C@H](COP(=O)(NC(C)(C)C(=O)OC)Oc3ccccc3)[C@@H](O)[C@@]2(C)F)c2ncnc(N)c12.[HH].[HH]. The van der Waals surface area contributed by atoms with Gasteiger partial charge in [-0.05, 0) is 32.9 Å². The number of halogens is 1. The van der Waals surface area contributed by atoms with E-state index in [1.165, 1.54) is 50.2 Å². The highest BCUT2D eigenvalue weighted by atomic mass is 31.2. The maximum Gasteiger partial charge on any atom is 0.459 e. The zero-order valence-electron chi connectivity index (χ0n) is 21.7. The number of nitrogen functional groups attached to an aromatic ring is 1. The van der Waals surface area contributed by atoms with Crippen LogP contribution in [0.4, 0.5) is 10.2 Å². The molecule has 0 amide bonds.